The van der Waals surface area contributed by atoms with Gasteiger partial charge in [0.25, 0.3) is 17.1 Å². The molecule has 31 heavy (non-hydrogen) atoms. The summed E-state index contributed by atoms with van der Waals surface area (Å²) in [6, 6.07) is 13.4. The van der Waals surface area contributed by atoms with E-state index in [1.807, 2.05) is 0 Å². The predicted molar refractivity (Wildman–Crippen MR) is 117 cm³/mol. The van der Waals surface area contributed by atoms with Crippen molar-refractivity contribution in [2.75, 3.05) is 25.6 Å². The Hall–Kier alpha value is -3.30. The Morgan fingerprint density at radius 1 is 1.16 bits per heavy atom. The molecule has 1 N–H and O–H groups in total. The van der Waals surface area contributed by atoms with Gasteiger partial charge in [-0.3, -0.25) is 24.1 Å². The highest BCUT2D eigenvalue weighted by Gasteiger charge is 2.36. The molecule has 10 heteroatoms. The van der Waals surface area contributed by atoms with Crippen molar-refractivity contribution in [3.05, 3.63) is 64.0 Å². The van der Waals surface area contributed by atoms with Gasteiger partial charge < -0.3 is 14.8 Å². The normalized spacial score (nSPS) is 14.6. The second-order valence-electron chi connectivity index (χ2n) is 6.26. The molecule has 1 fully saturated rings. The summed E-state index contributed by atoms with van der Waals surface area (Å²) in [4.78, 5) is 48.8. The van der Waals surface area contributed by atoms with E-state index in [2.05, 4.69) is 10.1 Å². The van der Waals surface area contributed by atoms with Crippen LogP contribution in [0, 0.1) is 0 Å². The summed E-state index contributed by atoms with van der Waals surface area (Å²) in [7, 11) is 1.18. The summed E-state index contributed by atoms with van der Waals surface area (Å²) >= 11 is 6.54. The first-order chi connectivity index (χ1) is 14.9. The molecule has 0 bridgehead atoms. The van der Waals surface area contributed by atoms with Crippen molar-refractivity contribution < 1.29 is 28.7 Å². The molecule has 1 aliphatic heterocycles. The van der Waals surface area contributed by atoms with E-state index in [1.165, 1.54) is 13.2 Å². The van der Waals surface area contributed by atoms with Gasteiger partial charge in [0.15, 0.2) is 6.61 Å². The quantitative estimate of drug-likeness (QED) is 0.497. The van der Waals surface area contributed by atoms with Gasteiger partial charge in [-0.1, -0.05) is 23.7 Å². The molecule has 0 unspecified atom stereocenters. The van der Waals surface area contributed by atoms with E-state index in [0.717, 1.165) is 16.7 Å². The second-order valence-corrected chi connectivity index (χ2v) is 7.69. The Morgan fingerprint density at radius 3 is 2.61 bits per heavy atom. The molecule has 3 rings (SSSR count). The zero-order valence-electron chi connectivity index (χ0n) is 16.3. The standard InChI is InChI=1S/C21H17ClN2O6S/c1-29-19(26)11-24-20(27)17(31-21(24)28)10-13-3-2-4-16(9-13)30-12-18(25)23-15-7-5-14(22)6-8-15/h2-10H,11-12H2,1H3,(H,23,25)/b17-10-. The number of nitrogens with one attached hydrogen (secondary N) is 1. The number of amides is 3. The van der Waals surface area contributed by atoms with Crippen LogP contribution in [0.4, 0.5) is 10.5 Å². The number of nitrogens with zero attached hydrogens (tertiary/aromatic N) is 1. The summed E-state index contributed by atoms with van der Waals surface area (Å²) in [5.74, 6) is -1.20. The maximum atomic E-state index is 12.4. The number of rotatable bonds is 7. The molecule has 1 aliphatic rings. The minimum atomic E-state index is -0.684. The van der Waals surface area contributed by atoms with Crippen LogP contribution < -0.4 is 10.1 Å². The molecule has 160 valence electrons. The first-order valence-corrected chi connectivity index (χ1v) is 10.2. The highest BCUT2D eigenvalue weighted by Crippen LogP contribution is 2.32. The highest BCUT2D eigenvalue weighted by atomic mass is 35.5. The number of carbonyl (C=O) groups is 4. The van der Waals surface area contributed by atoms with Crippen molar-refractivity contribution in [2.24, 2.45) is 0 Å². The van der Waals surface area contributed by atoms with Crippen molar-refractivity contribution in [1.29, 1.82) is 0 Å². The largest absolute Gasteiger partial charge is 0.484 e. The van der Waals surface area contributed by atoms with Crippen LogP contribution >= 0.6 is 23.4 Å². The van der Waals surface area contributed by atoms with E-state index in [1.54, 1.807) is 48.5 Å². The van der Waals surface area contributed by atoms with Gasteiger partial charge in [0.05, 0.1) is 12.0 Å². The number of halogens is 1. The van der Waals surface area contributed by atoms with Gasteiger partial charge in [-0.25, -0.2) is 0 Å². The number of methoxy groups -OCH3 is 1. The van der Waals surface area contributed by atoms with Gasteiger partial charge in [0, 0.05) is 10.7 Å². The molecule has 8 nitrogen and oxygen atoms in total. The number of imide groups is 1. The van der Waals surface area contributed by atoms with E-state index < -0.39 is 23.7 Å². The fraction of sp³-hybridized carbons (Fsp3) is 0.143. The number of thioether (sulfide) groups is 1. The molecular weight excluding hydrogens is 444 g/mol. The van der Waals surface area contributed by atoms with E-state index in [4.69, 9.17) is 16.3 Å². The highest BCUT2D eigenvalue weighted by molar-refractivity contribution is 8.18. The molecule has 1 heterocycles. The molecule has 0 aromatic heterocycles. The van der Waals surface area contributed by atoms with Gasteiger partial charge >= 0.3 is 5.97 Å². The average molecular weight is 461 g/mol. The van der Waals surface area contributed by atoms with Gasteiger partial charge in [-0.05, 0) is 59.8 Å². The van der Waals surface area contributed by atoms with Crippen LogP contribution in [0.5, 0.6) is 5.75 Å². The number of hydrogen-bond acceptors (Lipinski definition) is 7. The minimum Gasteiger partial charge on any atom is -0.484 e. The fourth-order valence-corrected chi connectivity index (χ4v) is 3.52. The number of carbonyl (C=O) groups excluding carboxylic acids is 4. The molecule has 0 atom stereocenters. The SMILES string of the molecule is COC(=O)CN1C(=O)S/C(=C\c2cccc(OCC(=O)Nc3ccc(Cl)cc3)c2)C1=O. The Morgan fingerprint density at radius 2 is 1.90 bits per heavy atom. The molecule has 0 aliphatic carbocycles. The van der Waals surface area contributed by atoms with Crippen LogP contribution in [-0.4, -0.2) is 48.2 Å². The summed E-state index contributed by atoms with van der Waals surface area (Å²) in [6.45, 7) is -0.661. The lowest BCUT2D eigenvalue weighted by atomic mass is 10.2. The van der Waals surface area contributed by atoms with Crippen molar-refractivity contribution in [3.63, 3.8) is 0 Å². The molecule has 0 radical (unpaired) electrons. The Bertz CT molecular complexity index is 1050. The van der Waals surface area contributed by atoms with Crippen molar-refractivity contribution in [2.45, 2.75) is 0 Å². The number of ether oxygens (including phenoxy) is 2. The zero-order valence-corrected chi connectivity index (χ0v) is 17.9. The van der Waals surface area contributed by atoms with Gasteiger partial charge in [-0.15, -0.1) is 0 Å². The zero-order chi connectivity index (χ0) is 22.4. The van der Waals surface area contributed by atoms with Crippen molar-refractivity contribution in [1.82, 2.24) is 4.90 Å². The molecule has 3 amide bonds. The van der Waals surface area contributed by atoms with Gasteiger partial charge in [-0.2, -0.15) is 0 Å². The third-order valence-corrected chi connectivity index (χ3v) is 5.20. The van der Waals surface area contributed by atoms with E-state index in [9.17, 15) is 19.2 Å². The van der Waals surface area contributed by atoms with Crippen LogP contribution in [-0.2, 0) is 19.1 Å². The Labute approximate surface area is 187 Å². The van der Waals surface area contributed by atoms with E-state index >= 15 is 0 Å². The number of anilines is 1. The van der Waals surface area contributed by atoms with Crippen molar-refractivity contribution in [3.8, 4) is 5.75 Å². The number of esters is 1. The van der Waals surface area contributed by atoms with Crippen LogP contribution in [0.1, 0.15) is 5.56 Å². The Balaban J connectivity index is 1.61. The van der Waals surface area contributed by atoms with E-state index in [0.29, 0.717) is 22.0 Å². The minimum absolute atomic E-state index is 0.173. The molecule has 2 aromatic carbocycles. The summed E-state index contributed by atoms with van der Waals surface area (Å²) in [5, 5.41) is 2.70. The lowest BCUT2D eigenvalue weighted by molar-refractivity contribution is -0.143. The lowest BCUT2D eigenvalue weighted by Gasteiger charge is -2.10. The van der Waals surface area contributed by atoms with Crippen LogP contribution in [0.2, 0.25) is 5.02 Å². The third kappa shape index (κ3) is 6.09. The monoisotopic (exact) mass is 460 g/mol. The van der Waals surface area contributed by atoms with Gasteiger partial charge in [0.1, 0.15) is 12.3 Å². The maximum Gasteiger partial charge on any atom is 0.325 e. The third-order valence-electron chi connectivity index (χ3n) is 4.04. The van der Waals surface area contributed by atoms with Crippen LogP contribution in [0.15, 0.2) is 53.4 Å². The second kappa shape index (κ2) is 10.1. The first-order valence-electron chi connectivity index (χ1n) is 8.96. The summed E-state index contributed by atoms with van der Waals surface area (Å²) < 4.78 is 10.0. The topological polar surface area (TPSA) is 102 Å². The maximum absolute atomic E-state index is 12.4. The van der Waals surface area contributed by atoms with Gasteiger partial charge in [0.2, 0.25) is 0 Å². The smallest absolute Gasteiger partial charge is 0.325 e. The molecular formula is C21H17ClN2O6S. The van der Waals surface area contributed by atoms with E-state index in [-0.39, 0.29) is 17.4 Å². The first kappa shape index (κ1) is 22.4. The lowest BCUT2D eigenvalue weighted by Crippen LogP contribution is -2.34. The van der Waals surface area contributed by atoms with Crippen LogP contribution in [0.3, 0.4) is 0 Å². The Kier molecular flexibility index (Phi) is 7.32. The molecule has 0 saturated carbocycles. The molecule has 0 spiro atoms. The number of benzene rings is 2. The summed E-state index contributed by atoms with van der Waals surface area (Å²) in [6.07, 6.45) is 1.52. The predicted octanol–water partition coefficient (Wildman–Crippen LogP) is 3.57. The number of hydrogen-bond donors (Lipinski definition) is 1. The van der Waals surface area contributed by atoms with Crippen LogP contribution in [0.25, 0.3) is 6.08 Å². The average Bonchev–Trinajstić information content (AvgIpc) is 3.01. The fourth-order valence-electron chi connectivity index (χ4n) is 2.55. The van der Waals surface area contributed by atoms with Crippen molar-refractivity contribution >= 4 is 58.1 Å². The molecule has 2 aromatic rings. The molecule has 1 saturated heterocycles. The summed E-state index contributed by atoms with van der Waals surface area (Å²) in [5.41, 5.74) is 1.19.